The molecule has 0 saturated heterocycles. The van der Waals surface area contributed by atoms with Gasteiger partial charge in [-0.15, -0.1) is 0 Å². The third kappa shape index (κ3) is 3.43. The van der Waals surface area contributed by atoms with Crippen LogP contribution in [0, 0.1) is 18.4 Å². The summed E-state index contributed by atoms with van der Waals surface area (Å²) in [4.78, 5) is 11.1. The Hall–Kier alpha value is -3.19. The molecule has 1 aliphatic rings. The molecule has 0 amide bonds. The van der Waals surface area contributed by atoms with Crippen LogP contribution in [0.5, 0.6) is 0 Å². The van der Waals surface area contributed by atoms with Crippen LogP contribution < -0.4 is 4.90 Å². The molecule has 0 spiro atoms. The van der Waals surface area contributed by atoms with Crippen molar-refractivity contribution in [3.63, 3.8) is 0 Å². The van der Waals surface area contributed by atoms with Crippen LogP contribution in [-0.4, -0.2) is 24.5 Å². The van der Waals surface area contributed by atoms with Crippen LogP contribution >= 0.6 is 0 Å². The van der Waals surface area contributed by atoms with E-state index in [1.165, 1.54) is 5.69 Å². The molecule has 0 radical (unpaired) electrons. The Morgan fingerprint density at radius 2 is 1.62 bits per heavy atom. The number of aryl methyl sites for hydroxylation is 1. The highest BCUT2D eigenvalue weighted by Gasteiger charge is 2.16. The second-order valence-corrected chi connectivity index (χ2v) is 6.12. The van der Waals surface area contributed by atoms with Crippen molar-refractivity contribution in [2.75, 3.05) is 18.0 Å². The molecule has 0 saturated carbocycles. The molecule has 2 aromatic carbocycles. The monoisotopic (exact) mass is 342 g/mol. The average Bonchev–Trinajstić information content (AvgIpc) is 2.66. The van der Waals surface area contributed by atoms with Crippen molar-refractivity contribution in [2.45, 2.75) is 20.8 Å². The molecule has 3 rings (SSSR count). The highest BCUT2D eigenvalue weighted by Crippen LogP contribution is 2.27. The van der Waals surface area contributed by atoms with Gasteiger partial charge in [0.15, 0.2) is 0 Å². The molecular formula is C22H22N4. The maximum atomic E-state index is 8.89. The minimum absolute atomic E-state index is 0.677. The Morgan fingerprint density at radius 3 is 2.23 bits per heavy atom. The molecule has 0 aliphatic heterocycles. The lowest BCUT2D eigenvalue weighted by Crippen LogP contribution is -2.21. The molecule has 2 aromatic rings. The summed E-state index contributed by atoms with van der Waals surface area (Å²) in [5.74, 6) is 0. The summed E-state index contributed by atoms with van der Waals surface area (Å²) in [6, 6.07) is 14.3. The van der Waals surface area contributed by atoms with Crippen molar-refractivity contribution in [3.05, 3.63) is 71.3 Å². The highest BCUT2D eigenvalue weighted by molar-refractivity contribution is 6.26. The van der Waals surface area contributed by atoms with Crippen LogP contribution in [0.3, 0.4) is 0 Å². The normalized spacial score (nSPS) is 15.8. The van der Waals surface area contributed by atoms with Crippen molar-refractivity contribution >= 4 is 22.8 Å². The lowest BCUT2D eigenvalue weighted by Gasteiger charge is -2.22. The second kappa shape index (κ2) is 7.79. The summed E-state index contributed by atoms with van der Waals surface area (Å²) in [5.41, 5.74) is 6.82. The van der Waals surface area contributed by atoms with Gasteiger partial charge in [-0.2, -0.15) is 10.3 Å². The van der Waals surface area contributed by atoms with Crippen LogP contribution in [0.25, 0.3) is 0 Å². The Kier molecular flexibility index (Phi) is 5.28. The minimum atomic E-state index is 0.677. The van der Waals surface area contributed by atoms with Crippen molar-refractivity contribution < 1.29 is 0 Å². The summed E-state index contributed by atoms with van der Waals surface area (Å²) in [6.45, 7) is 8.39. The first-order valence-corrected chi connectivity index (χ1v) is 8.86. The number of hydrogen-bond donors (Lipinski definition) is 0. The molecule has 0 heterocycles. The fourth-order valence-electron chi connectivity index (χ4n) is 3.20. The zero-order chi connectivity index (χ0) is 18.5. The van der Waals surface area contributed by atoms with Crippen LogP contribution in [0.4, 0.5) is 11.4 Å². The first kappa shape index (κ1) is 17.6. The number of rotatable bonds is 4. The predicted molar refractivity (Wildman–Crippen MR) is 109 cm³/mol. The summed E-state index contributed by atoms with van der Waals surface area (Å²) >= 11 is 0. The van der Waals surface area contributed by atoms with Gasteiger partial charge in [-0.1, -0.05) is 24.3 Å². The van der Waals surface area contributed by atoms with Crippen LogP contribution in [-0.2, 0) is 0 Å². The van der Waals surface area contributed by atoms with E-state index in [1.807, 2.05) is 42.6 Å². The van der Waals surface area contributed by atoms with Gasteiger partial charge in [0.1, 0.15) is 0 Å². The van der Waals surface area contributed by atoms with E-state index in [2.05, 4.69) is 48.9 Å². The van der Waals surface area contributed by atoms with Gasteiger partial charge in [-0.05, 0) is 56.7 Å². The maximum Gasteiger partial charge on any atom is 0.206 e. The fourth-order valence-corrected chi connectivity index (χ4v) is 3.20. The van der Waals surface area contributed by atoms with E-state index in [1.54, 1.807) is 0 Å². The van der Waals surface area contributed by atoms with Crippen molar-refractivity contribution in [1.29, 1.82) is 5.26 Å². The van der Waals surface area contributed by atoms with Crippen molar-refractivity contribution in [3.8, 4) is 6.19 Å². The number of benzene rings is 2. The van der Waals surface area contributed by atoms with E-state index in [-0.39, 0.29) is 0 Å². The Morgan fingerprint density at radius 1 is 0.962 bits per heavy atom. The Labute approximate surface area is 154 Å². The molecule has 0 aromatic heterocycles. The zero-order valence-corrected chi connectivity index (χ0v) is 15.4. The molecule has 130 valence electrons. The summed E-state index contributed by atoms with van der Waals surface area (Å²) in [5, 5.41) is 8.89. The third-order valence-electron chi connectivity index (χ3n) is 4.60. The molecule has 0 atom stereocenters. The van der Waals surface area contributed by atoms with E-state index < -0.39 is 0 Å². The lowest BCUT2D eigenvalue weighted by atomic mass is 9.93. The number of allylic oxidation sites excluding steroid dienone is 2. The van der Waals surface area contributed by atoms with Crippen molar-refractivity contribution in [2.24, 2.45) is 9.98 Å². The van der Waals surface area contributed by atoms with E-state index in [9.17, 15) is 0 Å². The third-order valence-corrected chi connectivity index (χ3v) is 4.60. The standard InChI is InChI=1S/C22H22N4/c1-4-26(5-2)17-10-11-20(16(3)14-17)25-22-13-12-21(24-15-23)18-8-6-7-9-19(18)22/h6-14H,4-5H2,1-3H3. The molecule has 0 fully saturated rings. The average molecular weight is 342 g/mol. The quantitative estimate of drug-likeness (QED) is 0.749. The first-order valence-electron chi connectivity index (χ1n) is 8.86. The zero-order valence-electron chi connectivity index (χ0n) is 15.4. The summed E-state index contributed by atoms with van der Waals surface area (Å²) < 4.78 is 0. The van der Waals surface area contributed by atoms with Gasteiger partial charge in [0.2, 0.25) is 6.19 Å². The number of aliphatic imine (C=N–C) groups is 2. The topological polar surface area (TPSA) is 51.8 Å². The largest absolute Gasteiger partial charge is 0.372 e. The van der Waals surface area contributed by atoms with Crippen LogP contribution in [0.2, 0.25) is 0 Å². The Balaban J connectivity index is 2.02. The summed E-state index contributed by atoms with van der Waals surface area (Å²) in [7, 11) is 0. The van der Waals surface area contributed by atoms with E-state index in [0.717, 1.165) is 41.2 Å². The molecule has 4 nitrogen and oxygen atoms in total. The van der Waals surface area contributed by atoms with Gasteiger partial charge in [0.25, 0.3) is 0 Å². The van der Waals surface area contributed by atoms with E-state index >= 15 is 0 Å². The molecular weight excluding hydrogens is 320 g/mol. The molecule has 1 aliphatic carbocycles. The molecule has 0 N–H and O–H groups in total. The van der Waals surface area contributed by atoms with Gasteiger partial charge in [-0.25, -0.2) is 4.99 Å². The van der Waals surface area contributed by atoms with Gasteiger partial charge in [0.05, 0.1) is 17.1 Å². The Bertz CT molecular complexity index is 941. The number of hydrogen-bond acceptors (Lipinski definition) is 4. The lowest BCUT2D eigenvalue weighted by molar-refractivity contribution is 0.865. The van der Waals surface area contributed by atoms with Crippen LogP contribution in [0.15, 0.2) is 64.6 Å². The molecule has 0 unspecified atom stereocenters. The number of fused-ring (bicyclic) bond motifs is 1. The fraction of sp³-hybridized carbons (Fsp3) is 0.227. The number of anilines is 1. The smallest absolute Gasteiger partial charge is 0.206 e. The van der Waals surface area contributed by atoms with E-state index in [4.69, 9.17) is 10.3 Å². The highest BCUT2D eigenvalue weighted by atomic mass is 15.1. The maximum absolute atomic E-state index is 8.89. The number of nitriles is 1. The second-order valence-electron chi connectivity index (χ2n) is 6.12. The van der Waals surface area contributed by atoms with Crippen molar-refractivity contribution in [1.82, 2.24) is 0 Å². The predicted octanol–water partition coefficient (Wildman–Crippen LogP) is 4.80. The molecule has 4 heteroatoms. The molecule has 26 heavy (non-hydrogen) atoms. The van der Waals surface area contributed by atoms with Gasteiger partial charge in [0, 0.05) is 29.9 Å². The van der Waals surface area contributed by atoms with Gasteiger partial charge in [-0.3, -0.25) is 0 Å². The number of nitrogens with zero attached hydrogens (tertiary/aromatic N) is 4. The van der Waals surface area contributed by atoms with Gasteiger partial charge < -0.3 is 4.90 Å². The molecule has 0 bridgehead atoms. The van der Waals surface area contributed by atoms with Crippen LogP contribution in [0.1, 0.15) is 30.5 Å². The van der Waals surface area contributed by atoms with E-state index in [0.29, 0.717) is 5.71 Å². The summed E-state index contributed by atoms with van der Waals surface area (Å²) in [6.07, 6.45) is 5.65. The first-order chi connectivity index (χ1) is 12.7. The minimum Gasteiger partial charge on any atom is -0.372 e. The SMILES string of the molecule is CCN(CC)c1ccc(N=C2C=CC(=NC#N)c3ccccc32)c(C)c1. The van der Waals surface area contributed by atoms with Gasteiger partial charge >= 0.3 is 0 Å².